The standard InChI is InChI=1S/C23H22O8/c1-3-11-28-23(26)15-5-7-16(8-6-15)31-20-13-30-19-12-17(9-10-18(19)22(20)25)29-14-21(24)27-4-2/h5-10,12-13H,3-4,11,14H2,1-2H3. The Balaban J connectivity index is 1.72. The van der Waals surface area contributed by atoms with Crippen LogP contribution in [0.15, 0.2) is 57.9 Å². The second-order valence-corrected chi connectivity index (χ2v) is 6.44. The van der Waals surface area contributed by atoms with E-state index in [1.165, 1.54) is 18.4 Å². The number of carbonyl (C=O) groups is 2. The van der Waals surface area contributed by atoms with Crippen molar-refractivity contribution in [3.05, 3.63) is 64.5 Å². The largest absolute Gasteiger partial charge is 0.482 e. The Morgan fingerprint density at radius 2 is 1.71 bits per heavy atom. The molecule has 1 heterocycles. The number of hydrogen-bond donors (Lipinski definition) is 0. The first kappa shape index (κ1) is 21.9. The zero-order valence-electron chi connectivity index (χ0n) is 17.2. The molecule has 3 rings (SSSR count). The van der Waals surface area contributed by atoms with E-state index >= 15 is 0 Å². The Labute approximate surface area is 178 Å². The fraction of sp³-hybridized carbons (Fsp3) is 0.261. The molecule has 0 amide bonds. The summed E-state index contributed by atoms with van der Waals surface area (Å²) in [5, 5.41) is 0.292. The molecule has 0 N–H and O–H groups in total. The molecule has 0 atom stereocenters. The van der Waals surface area contributed by atoms with Gasteiger partial charge in [-0.2, -0.15) is 0 Å². The van der Waals surface area contributed by atoms with Crippen molar-refractivity contribution in [3.8, 4) is 17.2 Å². The summed E-state index contributed by atoms with van der Waals surface area (Å²) in [4.78, 5) is 36.0. The van der Waals surface area contributed by atoms with Crippen LogP contribution in [-0.4, -0.2) is 31.8 Å². The van der Waals surface area contributed by atoms with Gasteiger partial charge < -0.3 is 23.4 Å². The third-order valence-electron chi connectivity index (χ3n) is 4.13. The molecule has 0 radical (unpaired) electrons. The number of rotatable bonds is 9. The molecule has 0 unspecified atom stereocenters. The second-order valence-electron chi connectivity index (χ2n) is 6.44. The van der Waals surface area contributed by atoms with Crippen molar-refractivity contribution in [1.82, 2.24) is 0 Å². The van der Waals surface area contributed by atoms with Gasteiger partial charge in [-0.1, -0.05) is 6.92 Å². The Bertz CT molecular complexity index is 1110. The van der Waals surface area contributed by atoms with Crippen LogP contribution in [0.3, 0.4) is 0 Å². The molecule has 0 saturated heterocycles. The van der Waals surface area contributed by atoms with Crippen LogP contribution in [0, 0.1) is 0 Å². The zero-order chi connectivity index (χ0) is 22.2. The normalized spacial score (nSPS) is 10.5. The highest BCUT2D eigenvalue weighted by molar-refractivity contribution is 5.89. The van der Waals surface area contributed by atoms with Gasteiger partial charge in [0.05, 0.1) is 24.2 Å². The summed E-state index contributed by atoms with van der Waals surface area (Å²) in [6.45, 7) is 4.00. The monoisotopic (exact) mass is 426 g/mol. The first-order chi connectivity index (χ1) is 15.0. The minimum Gasteiger partial charge on any atom is -0.482 e. The van der Waals surface area contributed by atoms with Crippen molar-refractivity contribution in [2.75, 3.05) is 19.8 Å². The smallest absolute Gasteiger partial charge is 0.344 e. The van der Waals surface area contributed by atoms with Crippen LogP contribution >= 0.6 is 0 Å². The number of ether oxygens (including phenoxy) is 4. The van der Waals surface area contributed by atoms with E-state index in [0.717, 1.165) is 6.42 Å². The van der Waals surface area contributed by atoms with Crippen LogP contribution in [-0.2, 0) is 14.3 Å². The molecule has 0 aliphatic heterocycles. The predicted octanol–water partition coefficient (Wildman–Crippen LogP) is 4.09. The number of hydrogen-bond acceptors (Lipinski definition) is 8. The predicted molar refractivity (Wildman–Crippen MR) is 112 cm³/mol. The van der Waals surface area contributed by atoms with Crippen LogP contribution in [0.5, 0.6) is 17.2 Å². The van der Waals surface area contributed by atoms with Gasteiger partial charge in [0.2, 0.25) is 11.2 Å². The molecule has 31 heavy (non-hydrogen) atoms. The molecular formula is C23H22O8. The van der Waals surface area contributed by atoms with Gasteiger partial charge >= 0.3 is 11.9 Å². The van der Waals surface area contributed by atoms with Crippen LogP contribution in [0.1, 0.15) is 30.6 Å². The number of esters is 2. The quantitative estimate of drug-likeness (QED) is 0.472. The van der Waals surface area contributed by atoms with E-state index in [1.807, 2.05) is 6.92 Å². The molecule has 0 aliphatic rings. The molecular weight excluding hydrogens is 404 g/mol. The van der Waals surface area contributed by atoms with Gasteiger partial charge in [0.15, 0.2) is 6.61 Å². The molecule has 3 aromatic rings. The lowest BCUT2D eigenvalue weighted by Crippen LogP contribution is -2.14. The molecule has 1 aromatic heterocycles. The van der Waals surface area contributed by atoms with Gasteiger partial charge in [0.1, 0.15) is 23.3 Å². The number of carbonyl (C=O) groups excluding carboxylic acids is 2. The van der Waals surface area contributed by atoms with E-state index in [4.69, 9.17) is 23.4 Å². The van der Waals surface area contributed by atoms with Crippen LogP contribution in [0.4, 0.5) is 0 Å². The molecule has 0 bridgehead atoms. The molecule has 0 saturated carbocycles. The number of benzene rings is 2. The van der Waals surface area contributed by atoms with Crippen LogP contribution in [0.2, 0.25) is 0 Å². The minimum atomic E-state index is -0.488. The molecule has 162 valence electrons. The highest BCUT2D eigenvalue weighted by Gasteiger charge is 2.12. The van der Waals surface area contributed by atoms with Crippen molar-refractivity contribution < 1.29 is 33.0 Å². The first-order valence-electron chi connectivity index (χ1n) is 9.80. The zero-order valence-corrected chi connectivity index (χ0v) is 17.2. The van der Waals surface area contributed by atoms with Crippen molar-refractivity contribution in [1.29, 1.82) is 0 Å². The highest BCUT2D eigenvalue weighted by Crippen LogP contribution is 2.24. The summed E-state index contributed by atoms with van der Waals surface area (Å²) in [5.41, 5.74) is 0.305. The summed E-state index contributed by atoms with van der Waals surface area (Å²) in [6, 6.07) is 10.8. The fourth-order valence-corrected chi connectivity index (χ4v) is 2.66. The SMILES string of the molecule is CCCOC(=O)c1ccc(Oc2coc3cc(OCC(=O)OCC)ccc3c2=O)cc1. The maximum absolute atomic E-state index is 12.7. The summed E-state index contributed by atoms with van der Waals surface area (Å²) < 4.78 is 26.3. The molecule has 0 aliphatic carbocycles. The summed E-state index contributed by atoms with van der Waals surface area (Å²) >= 11 is 0. The van der Waals surface area contributed by atoms with Gasteiger partial charge in [-0.05, 0) is 49.7 Å². The van der Waals surface area contributed by atoms with Crippen molar-refractivity contribution >= 4 is 22.9 Å². The van der Waals surface area contributed by atoms with E-state index in [9.17, 15) is 14.4 Å². The maximum Gasteiger partial charge on any atom is 0.344 e. The summed E-state index contributed by atoms with van der Waals surface area (Å²) in [7, 11) is 0. The minimum absolute atomic E-state index is 0.00555. The lowest BCUT2D eigenvalue weighted by Gasteiger charge is -2.08. The fourth-order valence-electron chi connectivity index (χ4n) is 2.66. The Kier molecular flexibility index (Phi) is 7.26. The first-order valence-corrected chi connectivity index (χ1v) is 9.80. The molecule has 8 nitrogen and oxygen atoms in total. The third-order valence-corrected chi connectivity index (χ3v) is 4.13. The second kappa shape index (κ2) is 10.3. The summed E-state index contributed by atoms with van der Waals surface area (Å²) in [5.74, 6) is -0.179. The van der Waals surface area contributed by atoms with E-state index in [1.54, 1.807) is 37.3 Å². The summed E-state index contributed by atoms with van der Waals surface area (Å²) in [6.07, 6.45) is 1.94. The lowest BCUT2D eigenvalue weighted by atomic mass is 10.2. The topological polar surface area (TPSA) is 101 Å². The van der Waals surface area contributed by atoms with Crippen molar-refractivity contribution in [3.63, 3.8) is 0 Å². The van der Waals surface area contributed by atoms with Gasteiger partial charge in [0.25, 0.3) is 0 Å². The Hall–Kier alpha value is -3.81. The van der Waals surface area contributed by atoms with Gasteiger partial charge in [-0.3, -0.25) is 4.79 Å². The highest BCUT2D eigenvalue weighted by atomic mass is 16.6. The molecule has 8 heteroatoms. The van der Waals surface area contributed by atoms with Gasteiger partial charge in [0, 0.05) is 6.07 Å². The average molecular weight is 426 g/mol. The average Bonchev–Trinajstić information content (AvgIpc) is 2.78. The van der Waals surface area contributed by atoms with Crippen LogP contribution < -0.4 is 14.9 Å². The van der Waals surface area contributed by atoms with Crippen molar-refractivity contribution in [2.45, 2.75) is 20.3 Å². The van der Waals surface area contributed by atoms with E-state index in [0.29, 0.717) is 29.1 Å². The van der Waals surface area contributed by atoms with E-state index < -0.39 is 11.9 Å². The maximum atomic E-state index is 12.7. The lowest BCUT2D eigenvalue weighted by molar-refractivity contribution is -0.145. The third kappa shape index (κ3) is 5.63. The van der Waals surface area contributed by atoms with E-state index in [-0.39, 0.29) is 30.0 Å². The Morgan fingerprint density at radius 3 is 2.42 bits per heavy atom. The number of fused-ring (bicyclic) bond motifs is 1. The molecule has 2 aromatic carbocycles. The van der Waals surface area contributed by atoms with Gasteiger partial charge in [-0.15, -0.1) is 0 Å². The van der Waals surface area contributed by atoms with E-state index in [2.05, 4.69) is 0 Å². The molecule has 0 spiro atoms. The van der Waals surface area contributed by atoms with Gasteiger partial charge in [-0.25, -0.2) is 9.59 Å². The molecule has 0 fully saturated rings. The Morgan fingerprint density at radius 1 is 0.968 bits per heavy atom. The van der Waals surface area contributed by atoms with Crippen molar-refractivity contribution in [2.24, 2.45) is 0 Å². The van der Waals surface area contributed by atoms with Crippen LogP contribution in [0.25, 0.3) is 11.0 Å².